The summed E-state index contributed by atoms with van der Waals surface area (Å²) in [6.07, 6.45) is 2.72. The van der Waals surface area contributed by atoms with Crippen LogP contribution in [0.4, 0.5) is 0 Å². The Kier molecular flexibility index (Phi) is 11.4. The fourth-order valence-corrected chi connectivity index (χ4v) is 4.81. The highest BCUT2D eigenvalue weighted by Gasteiger charge is 2.41. The minimum absolute atomic E-state index is 0.162. The van der Waals surface area contributed by atoms with E-state index in [0.29, 0.717) is 25.1 Å². The molecule has 4 atom stereocenters. The molecule has 1 aliphatic heterocycles. The van der Waals surface area contributed by atoms with E-state index in [9.17, 15) is 24.3 Å². The van der Waals surface area contributed by atoms with Gasteiger partial charge in [-0.2, -0.15) is 0 Å². The van der Waals surface area contributed by atoms with Gasteiger partial charge in [0.25, 0.3) is 11.8 Å². The summed E-state index contributed by atoms with van der Waals surface area (Å²) in [4.78, 5) is 58.0. The van der Waals surface area contributed by atoms with Crippen molar-refractivity contribution in [3.8, 4) is 5.75 Å². The Morgan fingerprint density at radius 2 is 1.79 bits per heavy atom. The van der Waals surface area contributed by atoms with Gasteiger partial charge in [-0.05, 0) is 63.6 Å². The van der Waals surface area contributed by atoms with Gasteiger partial charge in [-0.25, -0.2) is 0 Å². The second kappa shape index (κ2) is 14.8. The minimum atomic E-state index is -1.62. The molecule has 42 heavy (non-hydrogen) atoms. The monoisotopic (exact) mass is 581 g/mol. The number of hydrogen-bond acceptors (Lipinski definition) is 7. The van der Waals surface area contributed by atoms with Crippen molar-refractivity contribution >= 4 is 23.6 Å². The van der Waals surface area contributed by atoms with E-state index in [-0.39, 0.29) is 24.9 Å². The van der Waals surface area contributed by atoms with Gasteiger partial charge >= 0.3 is 0 Å². The van der Waals surface area contributed by atoms with Gasteiger partial charge in [-0.15, -0.1) is 0 Å². The number of likely N-dealkylation sites (tertiary alicyclic amines) is 1. The third-order valence-corrected chi connectivity index (χ3v) is 6.87. The van der Waals surface area contributed by atoms with Crippen LogP contribution in [-0.4, -0.2) is 81.5 Å². The summed E-state index contributed by atoms with van der Waals surface area (Å²) >= 11 is 0. The number of benzene rings is 1. The first kappa shape index (κ1) is 32.5. The molecule has 4 amide bonds. The summed E-state index contributed by atoms with van der Waals surface area (Å²) in [7, 11) is 0. The van der Waals surface area contributed by atoms with Crippen LogP contribution in [0.5, 0.6) is 5.75 Å². The van der Waals surface area contributed by atoms with Crippen molar-refractivity contribution in [3.05, 3.63) is 60.4 Å². The second-order valence-electron chi connectivity index (χ2n) is 11.9. The number of aliphatic hydroxyl groups excluding tert-OH is 1. The van der Waals surface area contributed by atoms with Crippen LogP contribution in [0.25, 0.3) is 0 Å². The fraction of sp³-hybridized carbons (Fsp3) is 0.516. The molecular formula is C31H43N5O6. The van der Waals surface area contributed by atoms with Crippen molar-refractivity contribution in [1.82, 2.24) is 25.8 Å². The van der Waals surface area contributed by atoms with E-state index in [1.807, 2.05) is 51.1 Å². The van der Waals surface area contributed by atoms with Crippen LogP contribution >= 0.6 is 0 Å². The number of hydrogen-bond donors (Lipinski definition) is 4. The van der Waals surface area contributed by atoms with Gasteiger partial charge in [-0.1, -0.05) is 44.2 Å². The Hall–Kier alpha value is -3.99. The molecule has 1 saturated heterocycles. The van der Waals surface area contributed by atoms with Crippen molar-refractivity contribution in [3.63, 3.8) is 0 Å². The van der Waals surface area contributed by atoms with E-state index in [4.69, 9.17) is 4.74 Å². The van der Waals surface area contributed by atoms with Gasteiger partial charge < -0.3 is 30.7 Å². The highest BCUT2D eigenvalue weighted by atomic mass is 16.5. The van der Waals surface area contributed by atoms with Crippen LogP contribution in [0.3, 0.4) is 0 Å². The fourth-order valence-electron chi connectivity index (χ4n) is 4.81. The number of pyridine rings is 1. The van der Waals surface area contributed by atoms with Gasteiger partial charge in [0.1, 0.15) is 17.8 Å². The molecule has 1 aromatic heterocycles. The Morgan fingerprint density at radius 1 is 1.07 bits per heavy atom. The van der Waals surface area contributed by atoms with Gasteiger partial charge in [0.05, 0.1) is 12.2 Å². The van der Waals surface area contributed by atoms with Gasteiger partial charge in [0.2, 0.25) is 11.8 Å². The maximum absolute atomic E-state index is 13.6. The number of aromatic nitrogens is 1. The molecule has 4 N–H and O–H groups in total. The number of nitrogens with one attached hydrogen (secondary N) is 3. The summed E-state index contributed by atoms with van der Waals surface area (Å²) in [6, 6.07) is 9.85. The normalized spacial score (nSPS) is 17.2. The second-order valence-corrected chi connectivity index (χ2v) is 11.9. The van der Waals surface area contributed by atoms with Crippen molar-refractivity contribution in [2.24, 2.45) is 5.92 Å². The summed E-state index contributed by atoms with van der Waals surface area (Å²) < 4.78 is 5.45. The van der Waals surface area contributed by atoms with E-state index in [0.717, 1.165) is 5.56 Å². The third kappa shape index (κ3) is 9.54. The van der Waals surface area contributed by atoms with E-state index in [2.05, 4.69) is 20.9 Å². The van der Waals surface area contributed by atoms with Crippen LogP contribution in [0.2, 0.25) is 0 Å². The smallest absolute Gasteiger partial charge is 0.258 e. The summed E-state index contributed by atoms with van der Waals surface area (Å²) in [5, 5.41) is 19.8. The Morgan fingerprint density at radius 3 is 2.40 bits per heavy atom. The molecule has 0 radical (unpaired) electrons. The lowest BCUT2D eigenvalue weighted by atomic mass is 9.97. The summed E-state index contributed by atoms with van der Waals surface area (Å²) in [5.41, 5.74) is 0.323. The minimum Gasteiger partial charge on any atom is -0.482 e. The molecule has 3 rings (SSSR count). The number of carbonyl (C=O) groups excluding carboxylic acids is 4. The van der Waals surface area contributed by atoms with Crippen molar-refractivity contribution in [1.29, 1.82) is 0 Å². The van der Waals surface area contributed by atoms with Gasteiger partial charge in [0, 0.05) is 18.3 Å². The van der Waals surface area contributed by atoms with Crippen molar-refractivity contribution < 1.29 is 29.0 Å². The number of carbonyl (C=O) groups is 4. The summed E-state index contributed by atoms with van der Waals surface area (Å²) in [5.74, 6) is -1.84. The lowest BCUT2D eigenvalue weighted by Gasteiger charge is -2.33. The van der Waals surface area contributed by atoms with Gasteiger partial charge in [-0.3, -0.25) is 24.2 Å². The first-order valence-corrected chi connectivity index (χ1v) is 14.3. The Balaban J connectivity index is 1.74. The predicted molar refractivity (Wildman–Crippen MR) is 157 cm³/mol. The summed E-state index contributed by atoms with van der Waals surface area (Å²) in [6.45, 7) is 9.16. The zero-order valence-corrected chi connectivity index (χ0v) is 25.0. The predicted octanol–water partition coefficient (Wildman–Crippen LogP) is 1.60. The molecule has 4 unspecified atom stereocenters. The molecule has 11 nitrogen and oxygen atoms in total. The first-order valence-electron chi connectivity index (χ1n) is 14.3. The molecule has 228 valence electrons. The topological polar surface area (TPSA) is 150 Å². The largest absolute Gasteiger partial charge is 0.482 e. The molecule has 0 spiro atoms. The Bertz CT molecular complexity index is 1200. The third-order valence-electron chi connectivity index (χ3n) is 6.87. The average Bonchev–Trinajstić information content (AvgIpc) is 3.44. The lowest BCUT2D eigenvalue weighted by molar-refractivity contribution is -0.147. The molecule has 0 bridgehead atoms. The Labute approximate surface area is 247 Å². The van der Waals surface area contributed by atoms with Crippen LogP contribution in [0, 0.1) is 5.92 Å². The van der Waals surface area contributed by atoms with E-state index < -0.39 is 47.5 Å². The SMILES string of the molecule is CC(C)C(NC(=O)COc1cccnc1)C(=O)NC(Cc1ccccc1)C(O)C(=O)N1CCCC1C(=O)NC(C)(C)C. The lowest BCUT2D eigenvalue weighted by Crippen LogP contribution is -2.59. The molecule has 2 heterocycles. The molecule has 1 aliphatic rings. The maximum Gasteiger partial charge on any atom is 0.258 e. The maximum atomic E-state index is 13.6. The molecule has 1 fully saturated rings. The highest BCUT2D eigenvalue weighted by Crippen LogP contribution is 2.21. The van der Waals surface area contributed by atoms with Crippen LogP contribution in [0.15, 0.2) is 54.9 Å². The number of aliphatic hydroxyl groups is 1. The highest BCUT2D eigenvalue weighted by molar-refractivity contribution is 5.92. The zero-order valence-electron chi connectivity index (χ0n) is 25.0. The molecule has 2 aromatic rings. The van der Waals surface area contributed by atoms with E-state index >= 15 is 0 Å². The van der Waals surface area contributed by atoms with E-state index in [1.165, 1.54) is 11.1 Å². The van der Waals surface area contributed by atoms with Gasteiger partial charge in [0.15, 0.2) is 12.7 Å². The molecule has 11 heteroatoms. The quantitative estimate of drug-likeness (QED) is 0.297. The van der Waals surface area contributed by atoms with Crippen LogP contribution in [-0.2, 0) is 25.6 Å². The molecule has 0 aliphatic carbocycles. The zero-order chi connectivity index (χ0) is 30.9. The first-order chi connectivity index (χ1) is 19.9. The van der Waals surface area contributed by atoms with E-state index in [1.54, 1.807) is 32.2 Å². The number of amides is 4. The molecule has 1 aromatic carbocycles. The van der Waals surface area contributed by atoms with Crippen LogP contribution < -0.4 is 20.7 Å². The average molecular weight is 582 g/mol. The number of rotatable bonds is 12. The number of ether oxygens (including phenoxy) is 1. The molecule has 0 saturated carbocycles. The number of nitrogens with zero attached hydrogens (tertiary/aromatic N) is 2. The van der Waals surface area contributed by atoms with Crippen LogP contribution in [0.1, 0.15) is 53.0 Å². The van der Waals surface area contributed by atoms with Crippen molar-refractivity contribution in [2.75, 3.05) is 13.2 Å². The molecular weight excluding hydrogens is 538 g/mol. The standard InChI is InChI=1S/C31H43N5O6/c1-20(2)26(34-25(37)19-42-22-13-9-15-32-18-22)29(40)33-23(17-21-11-7-6-8-12-21)27(38)30(41)36-16-10-14-24(36)28(39)35-31(3,4)5/h6-9,11-13,15,18,20,23-24,26-27,38H,10,14,16-17,19H2,1-5H3,(H,33,40)(H,34,37)(H,35,39). The van der Waals surface area contributed by atoms with Crippen molar-refractivity contribution in [2.45, 2.75) is 83.6 Å².